The Morgan fingerprint density at radius 1 is 0.341 bits per heavy atom. The molecule has 504 valence electrons. The van der Waals surface area contributed by atoms with Gasteiger partial charge in [0, 0.05) is 25.7 Å². The second-order valence-corrected chi connectivity index (χ2v) is 28.0. The average Bonchev–Trinajstić information content (AvgIpc) is 3.62. The second-order valence-electron chi connectivity index (χ2n) is 25.1. The molecule has 0 fully saturated rings. The lowest BCUT2D eigenvalue weighted by molar-refractivity contribution is -0.161. The van der Waals surface area contributed by atoms with Gasteiger partial charge in [0.05, 0.1) is 26.4 Å². The normalized spacial score (nSPS) is 14.6. The first-order chi connectivity index (χ1) is 40.8. The molecular formula is C66H128O17P2. The smallest absolute Gasteiger partial charge is 0.462 e. The van der Waals surface area contributed by atoms with E-state index in [0.717, 1.165) is 114 Å². The Kier molecular flexibility index (Phi) is 55.9. The number of esters is 4. The van der Waals surface area contributed by atoms with Gasteiger partial charge in [0.2, 0.25) is 0 Å². The number of phosphoric acid groups is 2. The maximum absolute atomic E-state index is 13.0. The first-order valence-electron chi connectivity index (χ1n) is 34.4. The van der Waals surface area contributed by atoms with Gasteiger partial charge in [0.25, 0.3) is 0 Å². The van der Waals surface area contributed by atoms with Crippen LogP contribution in [0.15, 0.2) is 0 Å². The summed E-state index contributed by atoms with van der Waals surface area (Å²) in [4.78, 5) is 72.3. The Bertz CT molecular complexity index is 1680. The van der Waals surface area contributed by atoms with Crippen molar-refractivity contribution in [2.24, 2.45) is 17.8 Å². The highest BCUT2D eigenvalue weighted by Gasteiger charge is 2.30. The van der Waals surface area contributed by atoms with Gasteiger partial charge in [0.1, 0.15) is 19.3 Å². The van der Waals surface area contributed by atoms with E-state index in [2.05, 4.69) is 48.5 Å². The molecule has 17 nitrogen and oxygen atoms in total. The standard InChI is InChI=1S/C66H128O17P2/c1-8-10-11-12-13-25-33-40-47-63(68)76-54-62(83-66(71)50-43-36-29-28-32-39-46-59(7)9-2)56-81-85(74,75)79-52-60(67)51-78-84(72,73)80-55-61(53-77-64(69)48-41-34-26-22-18-20-24-31-38-45-58(5)6)82-65(70)49-42-35-27-21-17-15-14-16-19-23-30-37-44-57(3)4/h57-62,67H,8-56H2,1-7H3,(H,72,73)(H,74,75)/t59?,60-,61-,62-/m1/s1. The zero-order valence-corrected chi connectivity index (χ0v) is 56.9. The molecule has 0 aromatic carbocycles. The van der Waals surface area contributed by atoms with Crippen LogP contribution in [0, 0.1) is 17.8 Å². The number of aliphatic hydroxyl groups excluding tert-OH is 1. The molecule has 0 saturated carbocycles. The van der Waals surface area contributed by atoms with Gasteiger partial charge >= 0.3 is 39.5 Å². The average molecular weight is 1260 g/mol. The summed E-state index contributed by atoms with van der Waals surface area (Å²) < 4.78 is 68.0. The molecule has 3 unspecified atom stereocenters. The molecule has 0 aromatic heterocycles. The van der Waals surface area contributed by atoms with Crippen molar-refractivity contribution in [3.8, 4) is 0 Å². The monoisotopic (exact) mass is 1250 g/mol. The number of hydrogen-bond donors (Lipinski definition) is 3. The molecule has 19 heteroatoms. The molecule has 0 spiro atoms. The van der Waals surface area contributed by atoms with Crippen molar-refractivity contribution in [3.63, 3.8) is 0 Å². The summed E-state index contributed by atoms with van der Waals surface area (Å²) in [5.41, 5.74) is 0. The minimum atomic E-state index is -4.95. The van der Waals surface area contributed by atoms with Crippen molar-refractivity contribution < 1.29 is 80.2 Å². The molecule has 0 rings (SSSR count). The van der Waals surface area contributed by atoms with Gasteiger partial charge in [-0.3, -0.25) is 37.3 Å². The lowest BCUT2D eigenvalue weighted by Crippen LogP contribution is -2.30. The van der Waals surface area contributed by atoms with Crippen LogP contribution in [0.25, 0.3) is 0 Å². The minimum Gasteiger partial charge on any atom is -0.462 e. The van der Waals surface area contributed by atoms with Gasteiger partial charge in [-0.2, -0.15) is 0 Å². The Hall–Kier alpha value is -1.94. The summed E-state index contributed by atoms with van der Waals surface area (Å²) in [5, 5.41) is 10.5. The fourth-order valence-electron chi connectivity index (χ4n) is 9.80. The van der Waals surface area contributed by atoms with Crippen LogP contribution in [0.1, 0.15) is 325 Å². The maximum Gasteiger partial charge on any atom is 0.472 e. The van der Waals surface area contributed by atoms with Crippen LogP contribution in [-0.4, -0.2) is 96.7 Å². The number of unbranched alkanes of at least 4 members (excludes halogenated alkanes) is 31. The molecule has 0 bridgehead atoms. The van der Waals surface area contributed by atoms with Gasteiger partial charge in [-0.1, -0.05) is 273 Å². The van der Waals surface area contributed by atoms with Gasteiger partial charge in [-0.15, -0.1) is 0 Å². The Morgan fingerprint density at radius 3 is 0.894 bits per heavy atom. The van der Waals surface area contributed by atoms with Gasteiger partial charge in [-0.05, 0) is 43.4 Å². The molecule has 0 heterocycles. The summed E-state index contributed by atoms with van der Waals surface area (Å²) in [7, 11) is -9.89. The quantitative estimate of drug-likeness (QED) is 0.0222. The van der Waals surface area contributed by atoms with Gasteiger partial charge in [0.15, 0.2) is 12.2 Å². The molecule has 6 atom stereocenters. The lowest BCUT2D eigenvalue weighted by atomic mass is 10.00. The zero-order valence-electron chi connectivity index (χ0n) is 55.1. The zero-order chi connectivity index (χ0) is 63.1. The summed E-state index contributed by atoms with van der Waals surface area (Å²) in [6.45, 7) is 11.7. The van der Waals surface area contributed by atoms with Crippen LogP contribution in [0.4, 0.5) is 0 Å². The number of aliphatic hydroxyl groups is 1. The molecule has 0 radical (unpaired) electrons. The van der Waals surface area contributed by atoms with E-state index < -0.39 is 97.5 Å². The highest BCUT2D eigenvalue weighted by molar-refractivity contribution is 7.47. The third-order valence-corrected chi connectivity index (χ3v) is 17.4. The SMILES string of the molecule is CCCCCCCCCCC(=O)OC[C@H](COP(=O)(O)OC[C@H](O)COP(=O)(O)OC[C@@H](COC(=O)CCCCCCCCCCCC(C)C)OC(=O)CCCCCCCCCCCCCCC(C)C)OC(=O)CCCCCCCCC(C)CC. The number of carbonyl (C=O) groups excluding carboxylic acids is 4. The number of ether oxygens (including phenoxy) is 4. The van der Waals surface area contributed by atoms with Crippen molar-refractivity contribution in [2.75, 3.05) is 39.6 Å². The minimum absolute atomic E-state index is 0.102. The Balaban J connectivity index is 5.24. The highest BCUT2D eigenvalue weighted by Crippen LogP contribution is 2.45. The van der Waals surface area contributed by atoms with Crippen LogP contribution in [-0.2, 0) is 65.4 Å². The van der Waals surface area contributed by atoms with Gasteiger partial charge < -0.3 is 33.8 Å². The van der Waals surface area contributed by atoms with Crippen molar-refractivity contribution in [1.29, 1.82) is 0 Å². The molecule has 85 heavy (non-hydrogen) atoms. The number of phosphoric ester groups is 2. The van der Waals surface area contributed by atoms with E-state index in [0.29, 0.717) is 25.7 Å². The first kappa shape index (κ1) is 83.1. The Morgan fingerprint density at radius 2 is 0.600 bits per heavy atom. The molecule has 0 aliphatic carbocycles. The fourth-order valence-corrected chi connectivity index (χ4v) is 11.4. The topological polar surface area (TPSA) is 237 Å². The predicted molar refractivity (Wildman–Crippen MR) is 340 cm³/mol. The third-order valence-electron chi connectivity index (χ3n) is 15.5. The van der Waals surface area contributed by atoms with Crippen LogP contribution in [0.3, 0.4) is 0 Å². The molecule has 0 aliphatic rings. The van der Waals surface area contributed by atoms with E-state index in [1.165, 1.54) is 128 Å². The van der Waals surface area contributed by atoms with Crippen molar-refractivity contribution in [2.45, 2.75) is 343 Å². The van der Waals surface area contributed by atoms with Gasteiger partial charge in [-0.25, -0.2) is 9.13 Å². The second kappa shape index (κ2) is 57.2. The molecule has 3 N–H and O–H groups in total. The van der Waals surface area contributed by atoms with E-state index in [1.807, 2.05) is 0 Å². The summed E-state index contributed by atoms with van der Waals surface area (Å²) in [5.74, 6) is 0.104. The predicted octanol–water partition coefficient (Wildman–Crippen LogP) is 18.3. The van der Waals surface area contributed by atoms with Crippen LogP contribution in [0.5, 0.6) is 0 Å². The van der Waals surface area contributed by atoms with Crippen molar-refractivity contribution >= 4 is 39.5 Å². The van der Waals surface area contributed by atoms with E-state index >= 15 is 0 Å². The third kappa shape index (κ3) is 59.5. The van der Waals surface area contributed by atoms with Crippen LogP contribution >= 0.6 is 15.6 Å². The lowest BCUT2D eigenvalue weighted by Gasteiger charge is -2.21. The fraction of sp³-hybridized carbons (Fsp3) is 0.939. The first-order valence-corrected chi connectivity index (χ1v) is 37.4. The summed E-state index contributed by atoms with van der Waals surface area (Å²) in [6, 6.07) is 0. The van der Waals surface area contributed by atoms with E-state index in [4.69, 9.17) is 37.0 Å². The van der Waals surface area contributed by atoms with E-state index in [1.54, 1.807) is 0 Å². The van der Waals surface area contributed by atoms with Crippen LogP contribution < -0.4 is 0 Å². The largest absolute Gasteiger partial charge is 0.472 e. The molecule has 0 saturated heterocycles. The molecule has 0 aliphatic heterocycles. The van der Waals surface area contributed by atoms with E-state index in [-0.39, 0.29) is 25.7 Å². The van der Waals surface area contributed by atoms with Crippen molar-refractivity contribution in [1.82, 2.24) is 0 Å². The Labute approximate surface area is 517 Å². The number of hydrogen-bond acceptors (Lipinski definition) is 15. The number of carbonyl (C=O) groups is 4. The van der Waals surface area contributed by atoms with Crippen LogP contribution in [0.2, 0.25) is 0 Å². The maximum atomic E-state index is 13.0. The summed E-state index contributed by atoms with van der Waals surface area (Å²) >= 11 is 0. The molecular weight excluding hydrogens is 1130 g/mol. The molecule has 0 amide bonds. The molecule has 0 aromatic rings. The van der Waals surface area contributed by atoms with E-state index in [9.17, 15) is 43.2 Å². The highest BCUT2D eigenvalue weighted by atomic mass is 31.2. The van der Waals surface area contributed by atoms with Crippen molar-refractivity contribution in [3.05, 3.63) is 0 Å². The summed E-state index contributed by atoms with van der Waals surface area (Å²) in [6.07, 6.45) is 39.0. The number of rotatable bonds is 64.